The third-order valence-electron chi connectivity index (χ3n) is 3.37. The minimum absolute atomic E-state index is 0.244. The number of aryl methyl sites for hydroxylation is 2. The van der Waals surface area contributed by atoms with Gasteiger partial charge in [-0.2, -0.15) is 0 Å². The zero-order valence-electron chi connectivity index (χ0n) is 19.5. The van der Waals surface area contributed by atoms with Gasteiger partial charge in [-0.15, -0.1) is 0 Å². The third kappa shape index (κ3) is 32.0. The van der Waals surface area contributed by atoms with E-state index >= 15 is 0 Å². The second-order valence-electron chi connectivity index (χ2n) is 5.67. The van der Waals surface area contributed by atoms with Crippen molar-refractivity contribution in [2.75, 3.05) is 6.54 Å². The normalized spacial score (nSPS) is 8.18. The number of amides is 1. The van der Waals surface area contributed by atoms with Crippen LogP contribution in [0, 0.1) is 6.92 Å². The molecule has 0 atom stereocenters. The molecule has 0 aliphatic heterocycles. The highest BCUT2D eigenvalue weighted by atomic mass is 16.1. The largest absolute Gasteiger partial charge is 0.359 e. The molecule has 0 bridgehead atoms. The van der Waals surface area contributed by atoms with Crippen molar-refractivity contribution >= 4 is 12.2 Å². The molecule has 0 aliphatic rings. The molecule has 0 saturated heterocycles. The number of hydrogen-bond acceptors (Lipinski definition) is 4. The van der Waals surface area contributed by atoms with E-state index in [9.17, 15) is 9.59 Å². The Labute approximate surface area is 174 Å². The van der Waals surface area contributed by atoms with E-state index in [0.717, 1.165) is 25.8 Å². The number of hydrogen-bond donors (Lipinski definition) is 3. The van der Waals surface area contributed by atoms with Crippen LogP contribution in [0.2, 0.25) is 0 Å². The summed E-state index contributed by atoms with van der Waals surface area (Å²) in [7, 11) is 0. The summed E-state index contributed by atoms with van der Waals surface area (Å²) in [5.41, 5.74) is 2.82. The topological polar surface area (TPSA) is 98.2 Å². The molecule has 5 heteroatoms. The lowest BCUT2D eigenvalue weighted by Gasteiger charge is -1.99. The van der Waals surface area contributed by atoms with E-state index in [2.05, 4.69) is 55.1 Å². The minimum atomic E-state index is 0.244. The maximum atomic E-state index is 10.5. The first-order chi connectivity index (χ1) is 13.6. The molecule has 0 heterocycles. The first kappa shape index (κ1) is 33.8. The summed E-state index contributed by atoms with van der Waals surface area (Å²) in [4.78, 5) is 20.2. The number of Topliss-reactive ketones (excluding diaryl/α,β-unsaturated/α-hetero) is 1. The van der Waals surface area contributed by atoms with E-state index in [-0.39, 0.29) is 5.78 Å². The Balaban J connectivity index is -0.000000162. The molecular formula is C23H47N3O2. The number of hydrazine groups is 1. The molecule has 1 aromatic carbocycles. The van der Waals surface area contributed by atoms with Crippen molar-refractivity contribution in [3.05, 3.63) is 35.4 Å². The van der Waals surface area contributed by atoms with Gasteiger partial charge in [-0.05, 0) is 45.1 Å². The Bertz CT molecular complexity index is 407. The maximum absolute atomic E-state index is 10.5. The number of rotatable bonds is 10. The van der Waals surface area contributed by atoms with Crippen molar-refractivity contribution in [2.45, 2.75) is 93.4 Å². The average Bonchev–Trinajstić information content (AvgIpc) is 2.75. The Kier molecular flexibility index (Phi) is 39.8. The molecule has 5 N–H and O–H groups in total. The van der Waals surface area contributed by atoms with Crippen molar-refractivity contribution in [1.29, 1.82) is 0 Å². The van der Waals surface area contributed by atoms with Crippen LogP contribution in [0.1, 0.15) is 91.2 Å². The first-order valence-corrected chi connectivity index (χ1v) is 10.7. The molecule has 166 valence electrons. The van der Waals surface area contributed by atoms with Gasteiger partial charge in [0.25, 0.3) is 0 Å². The monoisotopic (exact) mass is 397 g/mol. The van der Waals surface area contributed by atoms with Crippen molar-refractivity contribution in [3.8, 4) is 0 Å². The number of carbonyl (C=O) groups is 2. The van der Waals surface area contributed by atoms with Crippen molar-refractivity contribution in [2.24, 2.45) is 11.7 Å². The molecule has 1 amide bonds. The predicted molar refractivity (Wildman–Crippen MR) is 124 cm³/mol. The summed E-state index contributed by atoms with van der Waals surface area (Å²) < 4.78 is 0. The summed E-state index contributed by atoms with van der Waals surface area (Å²) in [5.74, 6) is 8.24. The van der Waals surface area contributed by atoms with Gasteiger partial charge in [0.05, 0.1) is 0 Å². The van der Waals surface area contributed by atoms with E-state index in [0.29, 0.717) is 12.8 Å². The summed E-state index contributed by atoms with van der Waals surface area (Å²) in [6, 6.07) is 8.83. The van der Waals surface area contributed by atoms with Crippen LogP contribution in [0.4, 0.5) is 0 Å². The highest BCUT2D eigenvalue weighted by molar-refractivity contribution is 5.75. The van der Waals surface area contributed by atoms with Gasteiger partial charge in [0.15, 0.2) is 0 Å². The van der Waals surface area contributed by atoms with Crippen LogP contribution in [0.15, 0.2) is 24.3 Å². The fourth-order valence-corrected chi connectivity index (χ4v) is 1.97. The van der Waals surface area contributed by atoms with Gasteiger partial charge in [-0.25, -0.2) is 0 Å². The number of nitrogens with one attached hydrogen (secondary N) is 1. The summed E-state index contributed by atoms with van der Waals surface area (Å²) in [5, 5.41) is 2.57. The third-order valence-corrected chi connectivity index (χ3v) is 3.37. The van der Waals surface area contributed by atoms with Crippen LogP contribution >= 0.6 is 0 Å². The van der Waals surface area contributed by atoms with Crippen molar-refractivity contribution in [1.82, 2.24) is 5.32 Å². The van der Waals surface area contributed by atoms with Gasteiger partial charge in [-0.3, -0.25) is 16.5 Å². The molecule has 1 aromatic rings. The quantitative estimate of drug-likeness (QED) is 0.222. The summed E-state index contributed by atoms with van der Waals surface area (Å²) in [6.07, 6.45) is 8.11. The molecule has 0 aliphatic carbocycles. The molecule has 0 unspecified atom stereocenters. The molecule has 0 spiro atoms. The molecule has 1 rings (SSSR count). The van der Waals surface area contributed by atoms with Crippen LogP contribution in [0.3, 0.4) is 0 Å². The van der Waals surface area contributed by atoms with Crippen LogP contribution in [0.5, 0.6) is 0 Å². The first-order valence-electron chi connectivity index (χ1n) is 10.7. The lowest BCUT2D eigenvalue weighted by molar-refractivity contribution is -0.117. The molecule has 28 heavy (non-hydrogen) atoms. The van der Waals surface area contributed by atoms with Gasteiger partial charge in [0.2, 0.25) is 6.41 Å². The predicted octanol–water partition coefficient (Wildman–Crippen LogP) is 5.09. The van der Waals surface area contributed by atoms with Gasteiger partial charge < -0.3 is 10.1 Å². The van der Waals surface area contributed by atoms with Crippen LogP contribution in [-0.2, 0) is 16.0 Å². The SMILES string of the molecule is CC.CC.CC(=O)CCCCCNC=O.CCCCc1ccc(C)cc1.NN. The number of ketones is 1. The zero-order chi connectivity index (χ0) is 22.6. The number of benzene rings is 1. The number of unbranched alkanes of at least 4 members (excludes halogenated alkanes) is 3. The van der Waals surface area contributed by atoms with Gasteiger partial charge in [0.1, 0.15) is 5.78 Å². The van der Waals surface area contributed by atoms with Crippen LogP contribution in [0.25, 0.3) is 0 Å². The molecule has 0 fully saturated rings. The van der Waals surface area contributed by atoms with Gasteiger partial charge in [0, 0.05) is 13.0 Å². The van der Waals surface area contributed by atoms with Crippen LogP contribution < -0.4 is 17.0 Å². The lowest BCUT2D eigenvalue weighted by Crippen LogP contribution is -2.11. The average molecular weight is 398 g/mol. The Morgan fingerprint density at radius 1 is 0.964 bits per heavy atom. The Hall–Kier alpha value is -1.72. The zero-order valence-corrected chi connectivity index (χ0v) is 19.5. The minimum Gasteiger partial charge on any atom is -0.359 e. The summed E-state index contributed by atoms with van der Waals surface area (Å²) >= 11 is 0. The number of carbonyl (C=O) groups excluding carboxylic acids is 2. The fraction of sp³-hybridized carbons (Fsp3) is 0.652. The Morgan fingerprint density at radius 2 is 1.50 bits per heavy atom. The smallest absolute Gasteiger partial charge is 0.207 e. The molecule has 0 saturated carbocycles. The Morgan fingerprint density at radius 3 is 1.93 bits per heavy atom. The lowest BCUT2D eigenvalue weighted by atomic mass is 10.1. The highest BCUT2D eigenvalue weighted by Gasteiger charge is 1.92. The van der Waals surface area contributed by atoms with E-state index in [1.807, 2.05) is 27.7 Å². The van der Waals surface area contributed by atoms with Crippen molar-refractivity contribution in [3.63, 3.8) is 0 Å². The van der Waals surface area contributed by atoms with Crippen LogP contribution in [-0.4, -0.2) is 18.7 Å². The van der Waals surface area contributed by atoms with E-state index in [4.69, 9.17) is 0 Å². The number of nitrogens with two attached hydrogens (primary N) is 2. The van der Waals surface area contributed by atoms with Gasteiger partial charge >= 0.3 is 0 Å². The van der Waals surface area contributed by atoms with E-state index in [1.54, 1.807) is 6.92 Å². The molecular weight excluding hydrogens is 350 g/mol. The van der Waals surface area contributed by atoms with Crippen molar-refractivity contribution < 1.29 is 9.59 Å². The standard InChI is InChI=1S/C11H16.C8H15NO2.2C2H6.H4N2/c1-3-4-5-11-8-6-10(2)7-9-11;1-8(11)5-3-2-4-6-9-7-10;3*1-2/h6-9H,3-5H2,1-2H3;7H,2-6H2,1H3,(H,9,10);2*1-2H3;1-2H2. The second-order valence-corrected chi connectivity index (χ2v) is 5.67. The second kappa shape index (κ2) is 32.9. The van der Waals surface area contributed by atoms with Gasteiger partial charge in [-0.1, -0.05) is 77.3 Å². The fourth-order valence-electron chi connectivity index (χ4n) is 1.97. The van der Waals surface area contributed by atoms with E-state index in [1.165, 1.54) is 30.4 Å². The molecule has 0 aromatic heterocycles. The summed E-state index contributed by atoms with van der Waals surface area (Å²) in [6.45, 7) is 14.7. The maximum Gasteiger partial charge on any atom is 0.207 e. The van der Waals surface area contributed by atoms with E-state index < -0.39 is 0 Å². The molecule has 0 radical (unpaired) electrons. The highest BCUT2D eigenvalue weighted by Crippen LogP contribution is 2.06. The molecule has 5 nitrogen and oxygen atoms in total.